The van der Waals surface area contributed by atoms with Crippen LogP contribution in [0.4, 0.5) is 0 Å². The second-order valence-electron chi connectivity index (χ2n) is 5.94. The van der Waals surface area contributed by atoms with Gasteiger partial charge in [-0.2, -0.15) is 0 Å². The highest BCUT2D eigenvalue weighted by Crippen LogP contribution is 2.24. The van der Waals surface area contributed by atoms with Gasteiger partial charge in [0.2, 0.25) is 8.40 Å². The van der Waals surface area contributed by atoms with Crippen LogP contribution in [0.5, 0.6) is 0 Å². The van der Waals surface area contributed by atoms with Crippen LogP contribution in [0.2, 0.25) is 26.2 Å². The van der Waals surface area contributed by atoms with Gasteiger partial charge in [0.15, 0.2) is 26.6 Å². The number of rotatable bonds is 2. The lowest BCUT2D eigenvalue weighted by atomic mass is 11.2. The van der Waals surface area contributed by atoms with E-state index >= 15 is 0 Å². The van der Waals surface area contributed by atoms with E-state index < -0.39 is 35.0 Å². The Bertz CT molecular complexity index is 337. The molecule has 0 aromatic heterocycles. The van der Waals surface area contributed by atoms with Gasteiger partial charge in [-0.05, 0) is 40.3 Å². The normalized spacial score (nSPS) is 29.4. The standard InChI is InChI=1S/C10H28N4Si4/c1-9-18(10-2)12-15-11-16(5,6)13(3)17(7,8)14(18)4/h9-12H,1-2,15H2,3-8H3. The summed E-state index contributed by atoms with van der Waals surface area (Å²) < 4.78 is 12.9. The van der Waals surface area contributed by atoms with Crippen LogP contribution in [0.15, 0.2) is 24.6 Å². The lowest BCUT2D eigenvalue weighted by molar-refractivity contribution is 0.607. The van der Waals surface area contributed by atoms with Crippen molar-refractivity contribution in [2.45, 2.75) is 26.2 Å². The molecule has 2 N–H and O–H groups in total. The van der Waals surface area contributed by atoms with Crippen LogP contribution in [0.3, 0.4) is 0 Å². The second kappa shape index (κ2) is 5.29. The van der Waals surface area contributed by atoms with Crippen molar-refractivity contribution in [2.75, 3.05) is 14.1 Å². The largest absolute Gasteiger partial charge is 0.341 e. The Morgan fingerprint density at radius 3 is 1.89 bits per heavy atom. The number of hydrogen-bond donors (Lipinski definition) is 2. The lowest BCUT2D eigenvalue weighted by Gasteiger charge is -2.55. The first-order valence-electron chi connectivity index (χ1n) is 6.39. The highest BCUT2D eigenvalue weighted by molar-refractivity contribution is 7.02. The van der Waals surface area contributed by atoms with E-state index in [0.717, 1.165) is 0 Å². The van der Waals surface area contributed by atoms with E-state index in [1.807, 2.05) is 0 Å². The molecular formula is C10H28N4Si4. The molecule has 8 heteroatoms. The summed E-state index contributed by atoms with van der Waals surface area (Å²) >= 11 is 0. The van der Waals surface area contributed by atoms with Gasteiger partial charge in [0.05, 0.1) is 0 Å². The quantitative estimate of drug-likeness (QED) is 0.719. The van der Waals surface area contributed by atoms with E-state index in [2.05, 4.69) is 82.6 Å². The minimum Gasteiger partial charge on any atom is -0.341 e. The molecule has 0 unspecified atom stereocenters. The number of hydrogen-bond acceptors (Lipinski definition) is 4. The van der Waals surface area contributed by atoms with E-state index in [0.29, 0.717) is 0 Å². The van der Waals surface area contributed by atoms with Crippen LogP contribution in [0, 0.1) is 0 Å². The predicted octanol–water partition coefficient (Wildman–Crippen LogP) is 0.338. The summed E-state index contributed by atoms with van der Waals surface area (Å²) in [6.07, 6.45) is 0. The molecule has 1 heterocycles. The Hall–Kier alpha value is 0.188. The average Bonchev–Trinajstić information content (AvgIpc) is 2.32. The van der Waals surface area contributed by atoms with Crippen molar-refractivity contribution in [1.29, 1.82) is 0 Å². The molecule has 0 atom stereocenters. The molecule has 104 valence electrons. The predicted molar refractivity (Wildman–Crippen MR) is 91.5 cm³/mol. The van der Waals surface area contributed by atoms with Crippen molar-refractivity contribution in [2.24, 2.45) is 0 Å². The molecule has 0 saturated carbocycles. The van der Waals surface area contributed by atoms with Gasteiger partial charge in [-0.1, -0.05) is 11.4 Å². The summed E-state index contributed by atoms with van der Waals surface area (Å²) in [5, 5.41) is 0. The zero-order chi connectivity index (χ0) is 14.2. The SMILES string of the molecule is C=C[Si]1(C=C)N[SiH2]N[Si](C)(C)N(C)[Si](C)(C)N1C. The zero-order valence-corrected chi connectivity index (χ0v) is 17.1. The van der Waals surface area contributed by atoms with Crippen molar-refractivity contribution in [3.05, 3.63) is 24.6 Å². The fourth-order valence-corrected chi connectivity index (χ4v) is 23.0. The van der Waals surface area contributed by atoms with Gasteiger partial charge in [-0.3, -0.25) is 0 Å². The topological polar surface area (TPSA) is 30.5 Å². The Balaban J connectivity index is 3.24. The maximum Gasteiger partial charge on any atom is 0.242 e. The molecule has 1 rings (SSSR count). The fraction of sp³-hybridized carbons (Fsp3) is 0.600. The maximum absolute atomic E-state index is 4.07. The Morgan fingerprint density at radius 1 is 0.944 bits per heavy atom. The van der Waals surface area contributed by atoms with Gasteiger partial charge < -0.3 is 17.8 Å². The van der Waals surface area contributed by atoms with Gasteiger partial charge >= 0.3 is 0 Å². The summed E-state index contributed by atoms with van der Waals surface area (Å²) in [4.78, 5) is 0. The number of nitrogens with one attached hydrogen (secondary N) is 2. The molecule has 0 bridgehead atoms. The van der Waals surface area contributed by atoms with Gasteiger partial charge in [-0.15, -0.1) is 13.2 Å². The van der Waals surface area contributed by atoms with Gasteiger partial charge in [0.1, 0.15) is 0 Å². The highest BCUT2D eigenvalue weighted by atomic mass is 28.5. The molecule has 4 nitrogen and oxygen atoms in total. The molecule has 0 amide bonds. The third-order valence-corrected chi connectivity index (χ3v) is 25.1. The van der Waals surface area contributed by atoms with Crippen molar-refractivity contribution < 1.29 is 0 Å². The first kappa shape index (κ1) is 16.2. The molecule has 0 aromatic carbocycles. The summed E-state index contributed by atoms with van der Waals surface area (Å²) in [6.45, 7) is 17.8. The van der Waals surface area contributed by atoms with Crippen LogP contribution in [-0.2, 0) is 0 Å². The third kappa shape index (κ3) is 2.56. The Kier molecular flexibility index (Phi) is 4.77. The molecule has 1 aliphatic heterocycles. The van der Waals surface area contributed by atoms with E-state index in [-0.39, 0.29) is 0 Å². The summed E-state index contributed by atoms with van der Waals surface area (Å²) in [5.41, 5.74) is 4.24. The van der Waals surface area contributed by atoms with Crippen LogP contribution < -0.4 is 9.30 Å². The average molecular weight is 317 g/mol. The zero-order valence-electron chi connectivity index (χ0n) is 12.7. The maximum atomic E-state index is 4.07. The van der Waals surface area contributed by atoms with E-state index in [9.17, 15) is 0 Å². The molecule has 0 aliphatic carbocycles. The van der Waals surface area contributed by atoms with Gasteiger partial charge in [0.25, 0.3) is 0 Å². The summed E-state index contributed by atoms with van der Waals surface area (Å²) in [5.74, 6) is 0. The van der Waals surface area contributed by atoms with E-state index in [1.165, 1.54) is 0 Å². The Morgan fingerprint density at radius 2 is 1.44 bits per heavy atom. The molecule has 0 aromatic rings. The minimum atomic E-state index is -1.90. The highest BCUT2D eigenvalue weighted by Gasteiger charge is 2.49. The minimum absolute atomic E-state index is 0.471. The first-order chi connectivity index (χ1) is 8.14. The third-order valence-electron chi connectivity index (χ3n) is 4.55. The van der Waals surface area contributed by atoms with E-state index in [4.69, 9.17) is 0 Å². The van der Waals surface area contributed by atoms with Crippen molar-refractivity contribution >= 4 is 35.0 Å². The van der Waals surface area contributed by atoms with Crippen LogP contribution in [0.1, 0.15) is 0 Å². The smallest absolute Gasteiger partial charge is 0.242 e. The molecule has 1 fully saturated rings. The van der Waals surface area contributed by atoms with Crippen molar-refractivity contribution in [1.82, 2.24) is 17.8 Å². The first-order valence-corrected chi connectivity index (χ1v) is 15.7. The van der Waals surface area contributed by atoms with Gasteiger partial charge in [-0.25, -0.2) is 0 Å². The molecule has 18 heavy (non-hydrogen) atoms. The monoisotopic (exact) mass is 316 g/mol. The molecular weight excluding hydrogens is 288 g/mol. The van der Waals surface area contributed by atoms with E-state index in [1.54, 1.807) is 0 Å². The Labute approximate surface area is 118 Å². The molecule has 0 spiro atoms. The number of nitrogens with zero attached hydrogens (tertiary/aromatic N) is 2. The fourth-order valence-electron chi connectivity index (χ4n) is 2.50. The van der Waals surface area contributed by atoms with Gasteiger partial charge in [0, 0.05) is 0 Å². The molecule has 1 aliphatic rings. The summed E-state index contributed by atoms with van der Waals surface area (Å²) in [6, 6.07) is 0. The summed E-state index contributed by atoms with van der Waals surface area (Å²) in [7, 11) is -0.950. The van der Waals surface area contributed by atoms with Crippen molar-refractivity contribution in [3.63, 3.8) is 0 Å². The van der Waals surface area contributed by atoms with Crippen LogP contribution >= 0.6 is 0 Å². The molecule has 1 saturated heterocycles. The lowest BCUT2D eigenvalue weighted by Crippen LogP contribution is -2.83. The molecule has 0 radical (unpaired) electrons. The van der Waals surface area contributed by atoms with Crippen LogP contribution in [0.25, 0.3) is 0 Å². The van der Waals surface area contributed by atoms with Crippen LogP contribution in [-0.4, -0.2) is 57.6 Å². The van der Waals surface area contributed by atoms with Crippen molar-refractivity contribution in [3.8, 4) is 0 Å². The second-order valence-corrected chi connectivity index (χ2v) is 21.3.